The van der Waals surface area contributed by atoms with Crippen molar-refractivity contribution in [1.82, 2.24) is 0 Å². The van der Waals surface area contributed by atoms with Crippen LogP contribution in [0.2, 0.25) is 0 Å². The first-order chi connectivity index (χ1) is 6.77. The molecule has 1 saturated heterocycles. The van der Waals surface area contributed by atoms with Gasteiger partial charge in [-0.25, -0.2) is 0 Å². The van der Waals surface area contributed by atoms with E-state index in [0.29, 0.717) is 0 Å². The summed E-state index contributed by atoms with van der Waals surface area (Å²) in [6.07, 6.45) is 5.26. The summed E-state index contributed by atoms with van der Waals surface area (Å²) >= 11 is 0. The van der Waals surface area contributed by atoms with E-state index in [0.717, 1.165) is 18.8 Å². The van der Waals surface area contributed by atoms with E-state index in [9.17, 15) is 0 Å². The zero-order valence-corrected chi connectivity index (χ0v) is 8.02. The molecule has 1 fully saturated rings. The Morgan fingerprint density at radius 2 is 1.93 bits per heavy atom. The van der Waals surface area contributed by atoms with Crippen LogP contribution >= 0.6 is 0 Å². The molecule has 4 nitrogen and oxygen atoms in total. The number of hydrogen-bond acceptors (Lipinski definition) is 4. The highest BCUT2D eigenvalue weighted by Crippen LogP contribution is 2.18. The normalized spacial score (nSPS) is 17.1. The minimum absolute atomic E-state index is 0.213. The van der Waals surface area contributed by atoms with Gasteiger partial charge in [-0.15, -0.1) is 0 Å². The van der Waals surface area contributed by atoms with Crippen molar-refractivity contribution in [1.29, 1.82) is 0 Å². The summed E-state index contributed by atoms with van der Waals surface area (Å²) in [5, 5.41) is 17.8. The van der Waals surface area contributed by atoms with Gasteiger partial charge in [0.1, 0.15) is 11.9 Å². The smallest absolute Gasteiger partial charge is 0.471 e. The second kappa shape index (κ2) is 4.06. The van der Waals surface area contributed by atoms with Crippen LogP contribution in [0, 0.1) is 0 Å². The summed E-state index contributed by atoms with van der Waals surface area (Å²) in [6.45, 7) is 2.06. The van der Waals surface area contributed by atoms with Crippen LogP contribution in [0.15, 0.2) is 16.7 Å². The highest BCUT2D eigenvalue weighted by atomic mass is 16.4. The Hall–Kier alpha value is -0.935. The molecule has 0 aromatic carbocycles. The van der Waals surface area contributed by atoms with Crippen molar-refractivity contribution in [3.8, 4) is 0 Å². The Kier molecular flexibility index (Phi) is 2.79. The van der Waals surface area contributed by atoms with E-state index < -0.39 is 7.12 Å². The lowest BCUT2D eigenvalue weighted by Gasteiger charge is -2.26. The third kappa shape index (κ3) is 1.94. The third-order valence-corrected chi connectivity index (χ3v) is 2.58. The molecule has 0 bridgehead atoms. The zero-order chi connectivity index (χ0) is 9.97. The van der Waals surface area contributed by atoms with Crippen LogP contribution in [-0.4, -0.2) is 30.3 Å². The molecular formula is C9H14BNO3. The van der Waals surface area contributed by atoms with Crippen molar-refractivity contribution in [3.05, 3.63) is 12.3 Å². The molecule has 5 heteroatoms. The molecule has 14 heavy (non-hydrogen) atoms. The van der Waals surface area contributed by atoms with Crippen LogP contribution in [0.4, 0.5) is 5.69 Å². The maximum absolute atomic E-state index is 8.88. The summed E-state index contributed by atoms with van der Waals surface area (Å²) < 4.78 is 5.04. The van der Waals surface area contributed by atoms with Gasteiger partial charge in [-0.3, -0.25) is 0 Å². The number of piperidine rings is 1. The Bertz CT molecular complexity index is 294. The molecule has 0 aliphatic carbocycles. The van der Waals surface area contributed by atoms with Crippen LogP contribution in [0.3, 0.4) is 0 Å². The van der Waals surface area contributed by atoms with E-state index >= 15 is 0 Å². The van der Waals surface area contributed by atoms with E-state index in [4.69, 9.17) is 14.5 Å². The molecule has 2 N–H and O–H groups in total. The van der Waals surface area contributed by atoms with Gasteiger partial charge in [-0.2, -0.15) is 0 Å². The summed E-state index contributed by atoms with van der Waals surface area (Å²) in [7, 11) is -1.51. The Morgan fingerprint density at radius 3 is 2.50 bits per heavy atom. The molecule has 0 spiro atoms. The van der Waals surface area contributed by atoms with Crippen molar-refractivity contribution < 1.29 is 14.5 Å². The Morgan fingerprint density at radius 1 is 1.21 bits per heavy atom. The van der Waals surface area contributed by atoms with Crippen molar-refractivity contribution in [2.75, 3.05) is 18.0 Å². The highest BCUT2D eigenvalue weighted by molar-refractivity contribution is 6.57. The fourth-order valence-electron chi connectivity index (χ4n) is 1.80. The molecule has 0 amide bonds. The standard InChI is InChI=1S/C9H14BNO3/c12-10(13)9-6-8(7-14-9)11-4-2-1-3-5-11/h6-7,12-13H,1-5H2. The maximum atomic E-state index is 8.88. The van der Waals surface area contributed by atoms with Gasteiger partial charge >= 0.3 is 7.12 Å². The fraction of sp³-hybridized carbons (Fsp3) is 0.556. The molecule has 76 valence electrons. The minimum Gasteiger partial charge on any atom is -0.471 e. The molecule has 0 atom stereocenters. The second-order valence-electron chi connectivity index (χ2n) is 3.63. The molecule has 0 unspecified atom stereocenters. The van der Waals surface area contributed by atoms with Crippen LogP contribution in [0.5, 0.6) is 0 Å². The maximum Gasteiger partial charge on any atom is 0.526 e. The first kappa shape index (κ1) is 9.61. The van der Waals surface area contributed by atoms with Gasteiger partial charge in [0.25, 0.3) is 0 Å². The topological polar surface area (TPSA) is 56.8 Å². The van der Waals surface area contributed by atoms with Gasteiger partial charge in [-0.05, 0) is 25.3 Å². The van der Waals surface area contributed by atoms with Gasteiger partial charge in [0.05, 0.1) is 5.69 Å². The average molecular weight is 195 g/mol. The van der Waals surface area contributed by atoms with E-state index in [1.165, 1.54) is 19.3 Å². The molecule has 1 aromatic heterocycles. The van der Waals surface area contributed by atoms with Crippen LogP contribution in [0.25, 0.3) is 0 Å². The van der Waals surface area contributed by atoms with Gasteiger partial charge < -0.3 is 19.4 Å². The molecule has 1 aromatic rings. The van der Waals surface area contributed by atoms with E-state index in [1.807, 2.05) is 0 Å². The molecular weight excluding hydrogens is 181 g/mol. The van der Waals surface area contributed by atoms with Crippen molar-refractivity contribution in [2.24, 2.45) is 0 Å². The molecule has 2 heterocycles. The summed E-state index contributed by atoms with van der Waals surface area (Å²) in [6, 6.07) is 1.69. The van der Waals surface area contributed by atoms with Gasteiger partial charge in [-0.1, -0.05) is 0 Å². The molecule has 0 saturated carbocycles. The quantitative estimate of drug-likeness (QED) is 0.649. The molecule has 0 radical (unpaired) electrons. The van der Waals surface area contributed by atoms with Gasteiger partial charge in [0, 0.05) is 13.1 Å². The summed E-state index contributed by atoms with van der Waals surface area (Å²) in [4.78, 5) is 2.21. The lowest BCUT2D eigenvalue weighted by molar-refractivity contribution is 0.409. The Labute approximate surface area is 83.3 Å². The third-order valence-electron chi connectivity index (χ3n) is 2.58. The lowest BCUT2D eigenvalue weighted by atomic mass is 9.88. The number of rotatable bonds is 2. The number of nitrogens with zero attached hydrogens (tertiary/aromatic N) is 1. The molecule has 2 rings (SSSR count). The predicted octanol–water partition coefficient (Wildman–Crippen LogP) is -0.0503. The number of furan rings is 1. The van der Waals surface area contributed by atoms with E-state index in [-0.39, 0.29) is 5.66 Å². The first-order valence-electron chi connectivity index (χ1n) is 4.97. The van der Waals surface area contributed by atoms with Crippen molar-refractivity contribution in [2.45, 2.75) is 19.3 Å². The van der Waals surface area contributed by atoms with Gasteiger partial charge in [0.2, 0.25) is 0 Å². The minimum atomic E-state index is -1.51. The average Bonchev–Trinajstić information content (AvgIpc) is 2.68. The van der Waals surface area contributed by atoms with E-state index in [1.54, 1.807) is 12.3 Å². The van der Waals surface area contributed by atoms with Crippen LogP contribution < -0.4 is 10.6 Å². The predicted molar refractivity (Wildman–Crippen MR) is 54.6 cm³/mol. The SMILES string of the molecule is OB(O)c1cc(N2CCCCC2)co1. The highest BCUT2D eigenvalue weighted by Gasteiger charge is 2.19. The van der Waals surface area contributed by atoms with Crippen LogP contribution in [-0.2, 0) is 0 Å². The van der Waals surface area contributed by atoms with E-state index in [2.05, 4.69) is 4.90 Å². The summed E-state index contributed by atoms with van der Waals surface area (Å²) in [5.41, 5.74) is 1.17. The van der Waals surface area contributed by atoms with Gasteiger partial charge in [0.15, 0.2) is 0 Å². The molecule has 1 aliphatic heterocycles. The summed E-state index contributed by atoms with van der Waals surface area (Å²) in [5.74, 6) is 0. The first-order valence-corrected chi connectivity index (χ1v) is 4.97. The molecule has 1 aliphatic rings. The van der Waals surface area contributed by atoms with Crippen molar-refractivity contribution in [3.63, 3.8) is 0 Å². The Balaban J connectivity index is 2.07. The zero-order valence-electron chi connectivity index (χ0n) is 8.02. The largest absolute Gasteiger partial charge is 0.526 e. The lowest BCUT2D eigenvalue weighted by Crippen LogP contribution is -2.30. The van der Waals surface area contributed by atoms with Crippen molar-refractivity contribution >= 4 is 18.5 Å². The number of hydrogen-bond donors (Lipinski definition) is 2. The van der Waals surface area contributed by atoms with Crippen LogP contribution in [0.1, 0.15) is 19.3 Å². The number of anilines is 1. The monoisotopic (exact) mass is 195 g/mol. The fourth-order valence-corrected chi connectivity index (χ4v) is 1.80. The second-order valence-corrected chi connectivity index (χ2v) is 3.63.